The lowest BCUT2D eigenvalue weighted by Crippen LogP contribution is -2.54. The van der Waals surface area contributed by atoms with Crippen molar-refractivity contribution in [3.8, 4) is 5.75 Å². The fourth-order valence-electron chi connectivity index (χ4n) is 4.28. The molecule has 0 radical (unpaired) electrons. The van der Waals surface area contributed by atoms with Gasteiger partial charge in [0.25, 0.3) is 0 Å². The van der Waals surface area contributed by atoms with Crippen LogP contribution in [0.2, 0.25) is 5.02 Å². The molecule has 1 fully saturated rings. The van der Waals surface area contributed by atoms with E-state index < -0.39 is 29.5 Å². The molecule has 3 aromatic rings. The van der Waals surface area contributed by atoms with Crippen molar-refractivity contribution in [2.75, 3.05) is 19.0 Å². The number of carbonyl (C=O) groups is 1. The van der Waals surface area contributed by atoms with E-state index >= 15 is 0 Å². The van der Waals surface area contributed by atoms with Crippen LogP contribution >= 0.6 is 11.6 Å². The van der Waals surface area contributed by atoms with E-state index in [1.807, 2.05) is 6.07 Å². The minimum absolute atomic E-state index is 0.0117. The normalized spacial score (nSPS) is 22.1. The SMILES string of the molecule is COc1cc2ncnc(Nc3cccc(Cl)c3F)c2cc1CCNC1(C(N)=O)CC(O)C(O)C1. The molecule has 1 amide bonds. The number of primary amides is 1. The predicted octanol–water partition coefficient (Wildman–Crippen LogP) is 2.05. The van der Waals surface area contributed by atoms with Gasteiger partial charge in [-0.25, -0.2) is 14.4 Å². The quantitative estimate of drug-likeness (QED) is 0.323. The summed E-state index contributed by atoms with van der Waals surface area (Å²) in [6.07, 6.45) is -0.182. The first kappa shape index (κ1) is 24.1. The van der Waals surface area contributed by atoms with Gasteiger partial charge in [0.15, 0.2) is 5.82 Å². The Bertz CT molecular complexity index is 1220. The van der Waals surface area contributed by atoms with Crippen LogP contribution in [0.1, 0.15) is 18.4 Å². The van der Waals surface area contributed by atoms with Gasteiger partial charge in [-0.2, -0.15) is 0 Å². The Balaban J connectivity index is 1.60. The number of halogens is 2. The molecule has 2 atom stereocenters. The Morgan fingerprint density at radius 3 is 2.71 bits per heavy atom. The lowest BCUT2D eigenvalue weighted by molar-refractivity contribution is -0.124. The lowest BCUT2D eigenvalue weighted by Gasteiger charge is -2.27. The number of hydrogen-bond acceptors (Lipinski definition) is 8. The van der Waals surface area contributed by atoms with E-state index in [0.29, 0.717) is 35.4 Å². The summed E-state index contributed by atoms with van der Waals surface area (Å²) >= 11 is 5.89. The Morgan fingerprint density at radius 1 is 1.29 bits per heavy atom. The van der Waals surface area contributed by atoms with Gasteiger partial charge >= 0.3 is 0 Å². The van der Waals surface area contributed by atoms with Crippen LogP contribution in [-0.4, -0.2) is 57.5 Å². The summed E-state index contributed by atoms with van der Waals surface area (Å²) < 4.78 is 19.9. The molecular formula is C23H25ClFN5O4. The average molecular weight is 490 g/mol. The van der Waals surface area contributed by atoms with E-state index in [-0.39, 0.29) is 23.6 Å². The highest BCUT2D eigenvalue weighted by molar-refractivity contribution is 6.31. The van der Waals surface area contributed by atoms with E-state index in [0.717, 1.165) is 5.56 Å². The fraction of sp³-hybridized carbons (Fsp3) is 0.348. The van der Waals surface area contributed by atoms with Gasteiger partial charge in [-0.1, -0.05) is 17.7 Å². The van der Waals surface area contributed by atoms with Gasteiger partial charge in [0.2, 0.25) is 5.91 Å². The Morgan fingerprint density at radius 2 is 2.03 bits per heavy atom. The third-order valence-corrected chi connectivity index (χ3v) is 6.42. The minimum atomic E-state index is -1.19. The maximum Gasteiger partial charge on any atom is 0.237 e. The van der Waals surface area contributed by atoms with Gasteiger partial charge in [-0.15, -0.1) is 0 Å². The first-order chi connectivity index (χ1) is 16.2. The number of rotatable bonds is 8. The number of nitrogens with two attached hydrogens (primary N) is 1. The number of amides is 1. The van der Waals surface area contributed by atoms with E-state index in [1.54, 1.807) is 18.2 Å². The molecule has 0 bridgehead atoms. The highest BCUT2D eigenvalue weighted by atomic mass is 35.5. The first-order valence-corrected chi connectivity index (χ1v) is 11.1. The van der Waals surface area contributed by atoms with E-state index in [2.05, 4.69) is 20.6 Å². The first-order valence-electron chi connectivity index (χ1n) is 10.7. The van der Waals surface area contributed by atoms with Gasteiger partial charge in [0.1, 0.15) is 23.4 Å². The van der Waals surface area contributed by atoms with Gasteiger partial charge in [0, 0.05) is 30.8 Å². The zero-order chi connectivity index (χ0) is 24.5. The Labute approximate surface area is 200 Å². The number of ether oxygens (including phenoxy) is 1. The molecule has 0 aliphatic heterocycles. The number of anilines is 2. The van der Waals surface area contributed by atoms with Crippen molar-refractivity contribution >= 4 is 39.9 Å². The molecule has 2 aromatic carbocycles. The maximum atomic E-state index is 14.4. The number of aliphatic hydroxyl groups is 2. The van der Waals surface area contributed by atoms with Crippen LogP contribution in [0.5, 0.6) is 5.75 Å². The van der Waals surface area contributed by atoms with E-state index in [4.69, 9.17) is 22.1 Å². The summed E-state index contributed by atoms with van der Waals surface area (Å²) in [5.74, 6) is -0.255. The molecule has 9 nitrogen and oxygen atoms in total. The zero-order valence-electron chi connectivity index (χ0n) is 18.4. The third-order valence-electron chi connectivity index (χ3n) is 6.13. The number of nitrogens with zero attached hydrogens (tertiary/aromatic N) is 2. The number of nitrogens with one attached hydrogen (secondary N) is 2. The number of aromatic nitrogens is 2. The molecule has 0 saturated heterocycles. The van der Waals surface area contributed by atoms with Gasteiger partial charge in [-0.3, -0.25) is 4.79 Å². The summed E-state index contributed by atoms with van der Waals surface area (Å²) in [4.78, 5) is 20.6. The summed E-state index contributed by atoms with van der Waals surface area (Å²) in [7, 11) is 1.54. The molecule has 1 aliphatic carbocycles. The zero-order valence-corrected chi connectivity index (χ0v) is 19.1. The number of benzene rings is 2. The third kappa shape index (κ3) is 4.62. The Kier molecular flexibility index (Phi) is 6.85. The van der Waals surface area contributed by atoms with Crippen LogP contribution in [0.4, 0.5) is 15.9 Å². The average Bonchev–Trinajstić information content (AvgIpc) is 3.11. The molecule has 6 N–H and O–H groups in total. The van der Waals surface area contributed by atoms with Crippen LogP contribution in [0, 0.1) is 5.82 Å². The van der Waals surface area contributed by atoms with Crippen molar-refractivity contribution in [1.82, 2.24) is 15.3 Å². The summed E-state index contributed by atoms with van der Waals surface area (Å²) in [5.41, 5.74) is 5.92. The largest absolute Gasteiger partial charge is 0.496 e. The van der Waals surface area contributed by atoms with Gasteiger partial charge < -0.3 is 31.3 Å². The number of carbonyl (C=O) groups excluding carboxylic acids is 1. The van der Waals surface area contributed by atoms with Crippen molar-refractivity contribution in [2.24, 2.45) is 5.73 Å². The van der Waals surface area contributed by atoms with Crippen LogP contribution in [0.15, 0.2) is 36.7 Å². The van der Waals surface area contributed by atoms with Crippen molar-refractivity contribution < 1.29 is 24.1 Å². The second kappa shape index (κ2) is 9.67. The van der Waals surface area contributed by atoms with Gasteiger partial charge in [-0.05, 0) is 30.2 Å². The van der Waals surface area contributed by atoms with Crippen molar-refractivity contribution in [2.45, 2.75) is 37.0 Å². The molecule has 2 unspecified atom stereocenters. The highest BCUT2D eigenvalue weighted by Gasteiger charge is 2.48. The molecule has 1 saturated carbocycles. The summed E-state index contributed by atoms with van der Waals surface area (Å²) in [6, 6.07) is 8.21. The topological polar surface area (TPSA) is 143 Å². The minimum Gasteiger partial charge on any atom is -0.496 e. The maximum absolute atomic E-state index is 14.4. The number of aliphatic hydroxyl groups excluding tert-OH is 2. The second-order valence-corrected chi connectivity index (χ2v) is 8.70. The number of methoxy groups -OCH3 is 1. The molecule has 34 heavy (non-hydrogen) atoms. The van der Waals surface area contributed by atoms with Crippen molar-refractivity contribution in [1.29, 1.82) is 0 Å². The lowest BCUT2D eigenvalue weighted by atomic mass is 9.95. The highest BCUT2D eigenvalue weighted by Crippen LogP contribution is 2.33. The smallest absolute Gasteiger partial charge is 0.237 e. The molecule has 4 rings (SSSR count). The summed E-state index contributed by atoms with van der Waals surface area (Å²) in [6.45, 7) is 0.323. The summed E-state index contributed by atoms with van der Waals surface area (Å²) in [5, 5.41) is 26.5. The number of fused-ring (bicyclic) bond motifs is 1. The molecule has 1 heterocycles. The molecule has 11 heteroatoms. The molecule has 180 valence electrons. The fourth-order valence-corrected chi connectivity index (χ4v) is 4.45. The number of hydrogen-bond donors (Lipinski definition) is 5. The predicted molar refractivity (Wildman–Crippen MR) is 126 cm³/mol. The van der Waals surface area contributed by atoms with Crippen LogP contribution in [0.3, 0.4) is 0 Å². The molecule has 1 aliphatic rings. The van der Waals surface area contributed by atoms with E-state index in [1.165, 1.54) is 19.5 Å². The Hall–Kier alpha value is -3.05. The second-order valence-electron chi connectivity index (χ2n) is 8.30. The molecule has 1 aromatic heterocycles. The van der Waals surface area contributed by atoms with Crippen LogP contribution in [-0.2, 0) is 11.2 Å². The monoisotopic (exact) mass is 489 g/mol. The standard InChI is InChI=1S/C23H25ClFN5O4/c1-34-19-8-16-13(21(28-11-27-16)30-15-4-2-3-14(24)20(15)25)7-12(19)5-6-29-23(22(26)33)9-17(31)18(32)10-23/h2-4,7-8,11,17-18,29,31-32H,5-6,9-10H2,1H3,(H2,26,33)(H,27,28,30). The van der Waals surface area contributed by atoms with Crippen LogP contribution < -0.4 is 21.1 Å². The van der Waals surface area contributed by atoms with Crippen LogP contribution in [0.25, 0.3) is 10.9 Å². The van der Waals surface area contributed by atoms with Crippen molar-refractivity contribution in [3.63, 3.8) is 0 Å². The molecular weight excluding hydrogens is 465 g/mol. The van der Waals surface area contributed by atoms with E-state index in [9.17, 15) is 19.4 Å². The molecule has 0 spiro atoms. The van der Waals surface area contributed by atoms with Crippen molar-refractivity contribution in [3.05, 3.63) is 53.1 Å². The van der Waals surface area contributed by atoms with Gasteiger partial charge in [0.05, 0.1) is 35.5 Å².